The monoisotopic (exact) mass is 390 g/mol. The third kappa shape index (κ3) is 3.76. The van der Waals surface area contributed by atoms with Crippen molar-refractivity contribution in [2.75, 3.05) is 13.1 Å². The van der Waals surface area contributed by atoms with Crippen molar-refractivity contribution in [2.24, 2.45) is 0 Å². The van der Waals surface area contributed by atoms with E-state index in [9.17, 15) is 14.4 Å². The average Bonchev–Trinajstić information content (AvgIpc) is 2.74. The topological polar surface area (TPSA) is 88.1 Å². The lowest BCUT2D eigenvalue weighted by molar-refractivity contribution is -0.128. The van der Waals surface area contributed by atoms with Gasteiger partial charge in [-0.15, -0.1) is 0 Å². The van der Waals surface area contributed by atoms with Crippen LogP contribution in [0.4, 0.5) is 0 Å². The summed E-state index contributed by atoms with van der Waals surface area (Å²) in [6.07, 6.45) is 4.52. The number of nitrogens with one attached hydrogen (secondary N) is 1. The van der Waals surface area contributed by atoms with Crippen LogP contribution in [0.25, 0.3) is 17.1 Å². The third-order valence-corrected chi connectivity index (χ3v) is 5.34. The molecule has 0 atom stereocenters. The van der Waals surface area contributed by atoms with Gasteiger partial charge in [0, 0.05) is 30.9 Å². The number of benzene rings is 1. The predicted molar refractivity (Wildman–Crippen MR) is 112 cm³/mol. The highest BCUT2D eigenvalue weighted by molar-refractivity contribution is 5.97. The van der Waals surface area contributed by atoms with Gasteiger partial charge in [0.1, 0.15) is 5.65 Å². The number of aromatic nitrogens is 3. The van der Waals surface area contributed by atoms with Crippen LogP contribution in [0, 0.1) is 0 Å². The van der Waals surface area contributed by atoms with Crippen LogP contribution in [0.1, 0.15) is 31.4 Å². The van der Waals surface area contributed by atoms with E-state index in [0.717, 1.165) is 5.56 Å². The molecular formula is C22H22N4O3. The summed E-state index contributed by atoms with van der Waals surface area (Å²) >= 11 is 0. The fourth-order valence-corrected chi connectivity index (χ4v) is 3.83. The van der Waals surface area contributed by atoms with E-state index in [2.05, 4.69) is 9.97 Å². The summed E-state index contributed by atoms with van der Waals surface area (Å²) in [5, 5.41) is 0.396. The molecule has 0 bridgehead atoms. The van der Waals surface area contributed by atoms with Crippen molar-refractivity contribution in [3.63, 3.8) is 0 Å². The Hall–Kier alpha value is -3.48. The Morgan fingerprint density at radius 2 is 1.83 bits per heavy atom. The van der Waals surface area contributed by atoms with Gasteiger partial charge in [0.2, 0.25) is 5.91 Å². The van der Waals surface area contributed by atoms with Crippen molar-refractivity contribution in [1.82, 2.24) is 19.4 Å². The van der Waals surface area contributed by atoms with Crippen LogP contribution in [0.2, 0.25) is 0 Å². The summed E-state index contributed by atoms with van der Waals surface area (Å²) in [4.78, 5) is 46.5. The van der Waals surface area contributed by atoms with Gasteiger partial charge in [0.15, 0.2) is 0 Å². The highest BCUT2D eigenvalue weighted by atomic mass is 16.2. The summed E-state index contributed by atoms with van der Waals surface area (Å²) < 4.78 is 1.28. The van der Waals surface area contributed by atoms with Gasteiger partial charge in [-0.25, -0.2) is 9.78 Å². The minimum Gasteiger partial charge on any atom is -0.339 e. The van der Waals surface area contributed by atoms with Crippen LogP contribution in [0.3, 0.4) is 0 Å². The molecule has 1 fully saturated rings. The van der Waals surface area contributed by atoms with E-state index in [0.29, 0.717) is 42.5 Å². The Labute approximate surface area is 167 Å². The molecule has 2 aromatic heterocycles. The number of aromatic amines is 1. The molecule has 0 unspecified atom stereocenters. The standard InChI is InChI=1S/C22H22N4O3/c1-15(14-16-6-3-2-4-7-16)20(27)25-12-9-17(10-13-25)26-21(28)18-8-5-11-23-19(18)24-22(26)29/h2-8,11,14,17H,9-10,12-13H2,1H3,(H,23,24,29). The number of rotatable bonds is 3. The number of H-pyrrole nitrogens is 1. The molecule has 7 heteroatoms. The molecule has 1 amide bonds. The van der Waals surface area contributed by atoms with E-state index < -0.39 is 5.69 Å². The van der Waals surface area contributed by atoms with E-state index in [1.807, 2.05) is 43.3 Å². The van der Waals surface area contributed by atoms with E-state index in [4.69, 9.17) is 0 Å². The Bertz CT molecular complexity index is 1190. The normalized spacial score (nSPS) is 15.6. The summed E-state index contributed by atoms with van der Waals surface area (Å²) in [5.74, 6) is -0.0173. The second kappa shape index (κ2) is 7.87. The number of hydrogen-bond acceptors (Lipinski definition) is 4. The highest BCUT2D eigenvalue weighted by Crippen LogP contribution is 2.22. The molecule has 29 heavy (non-hydrogen) atoms. The fourth-order valence-electron chi connectivity index (χ4n) is 3.83. The SMILES string of the molecule is CC(=Cc1ccccc1)C(=O)N1CCC(n2c(=O)[nH]c3ncccc3c2=O)CC1. The van der Waals surface area contributed by atoms with E-state index in [1.54, 1.807) is 17.0 Å². The van der Waals surface area contributed by atoms with E-state index in [1.165, 1.54) is 10.8 Å². The van der Waals surface area contributed by atoms with Gasteiger partial charge in [-0.1, -0.05) is 30.3 Å². The van der Waals surface area contributed by atoms with E-state index >= 15 is 0 Å². The van der Waals surface area contributed by atoms with Gasteiger partial charge in [0.25, 0.3) is 5.56 Å². The van der Waals surface area contributed by atoms with Crippen LogP contribution in [0.5, 0.6) is 0 Å². The predicted octanol–water partition coefficient (Wildman–Crippen LogP) is 2.35. The molecule has 1 saturated heterocycles. The minimum atomic E-state index is -0.453. The lowest BCUT2D eigenvalue weighted by Crippen LogP contribution is -2.45. The maximum atomic E-state index is 12.8. The molecule has 0 radical (unpaired) electrons. The lowest BCUT2D eigenvalue weighted by Gasteiger charge is -2.32. The van der Waals surface area contributed by atoms with Crippen molar-refractivity contribution in [1.29, 1.82) is 0 Å². The zero-order valence-corrected chi connectivity index (χ0v) is 16.2. The molecule has 1 aliphatic rings. The van der Waals surface area contributed by atoms with Crippen molar-refractivity contribution >= 4 is 23.0 Å². The maximum absolute atomic E-state index is 12.8. The molecule has 1 aliphatic heterocycles. The molecule has 148 valence electrons. The first-order valence-electron chi connectivity index (χ1n) is 9.67. The Morgan fingerprint density at radius 3 is 2.55 bits per heavy atom. The first-order chi connectivity index (χ1) is 14.0. The summed E-state index contributed by atoms with van der Waals surface area (Å²) in [7, 11) is 0. The number of pyridine rings is 1. The number of likely N-dealkylation sites (tertiary alicyclic amines) is 1. The maximum Gasteiger partial charge on any atom is 0.330 e. The fraction of sp³-hybridized carbons (Fsp3) is 0.273. The van der Waals surface area contributed by atoms with Crippen LogP contribution < -0.4 is 11.2 Å². The van der Waals surface area contributed by atoms with Gasteiger partial charge in [-0.05, 0) is 43.5 Å². The van der Waals surface area contributed by atoms with Gasteiger partial charge in [0.05, 0.1) is 5.39 Å². The van der Waals surface area contributed by atoms with Gasteiger partial charge in [-0.3, -0.25) is 19.1 Å². The molecule has 3 heterocycles. The first kappa shape index (κ1) is 18.9. The quantitative estimate of drug-likeness (QED) is 0.696. The van der Waals surface area contributed by atoms with Crippen LogP contribution in [-0.4, -0.2) is 38.4 Å². The molecule has 1 N–H and O–H groups in total. The van der Waals surface area contributed by atoms with Gasteiger partial charge >= 0.3 is 5.69 Å². The van der Waals surface area contributed by atoms with Crippen molar-refractivity contribution < 1.29 is 4.79 Å². The molecule has 1 aromatic carbocycles. The van der Waals surface area contributed by atoms with E-state index in [-0.39, 0.29) is 17.5 Å². The second-order valence-corrected chi connectivity index (χ2v) is 7.27. The summed E-state index contributed by atoms with van der Waals surface area (Å²) in [6.45, 7) is 2.81. The molecule has 0 aliphatic carbocycles. The Morgan fingerprint density at radius 1 is 1.10 bits per heavy atom. The molecular weight excluding hydrogens is 368 g/mol. The van der Waals surface area contributed by atoms with Gasteiger partial charge < -0.3 is 4.90 Å². The first-order valence-corrected chi connectivity index (χ1v) is 9.67. The largest absolute Gasteiger partial charge is 0.339 e. The molecule has 4 rings (SSSR count). The Balaban J connectivity index is 1.51. The van der Waals surface area contributed by atoms with Gasteiger partial charge in [-0.2, -0.15) is 0 Å². The number of amides is 1. The zero-order valence-electron chi connectivity index (χ0n) is 16.2. The summed E-state index contributed by atoms with van der Waals surface area (Å²) in [5.41, 5.74) is 1.17. The number of carbonyl (C=O) groups is 1. The van der Waals surface area contributed by atoms with Crippen molar-refractivity contribution in [2.45, 2.75) is 25.8 Å². The molecule has 3 aromatic rings. The lowest BCUT2D eigenvalue weighted by atomic mass is 10.0. The van der Waals surface area contributed by atoms with Crippen molar-refractivity contribution in [3.8, 4) is 0 Å². The second-order valence-electron chi connectivity index (χ2n) is 7.27. The number of carbonyl (C=O) groups excluding carboxylic acids is 1. The highest BCUT2D eigenvalue weighted by Gasteiger charge is 2.26. The van der Waals surface area contributed by atoms with Crippen molar-refractivity contribution in [3.05, 3.63) is 80.6 Å². The van der Waals surface area contributed by atoms with Crippen LogP contribution >= 0.6 is 0 Å². The molecule has 0 saturated carbocycles. The number of nitrogens with zero attached hydrogens (tertiary/aromatic N) is 3. The number of piperidine rings is 1. The molecule has 0 spiro atoms. The smallest absolute Gasteiger partial charge is 0.330 e. The number of fused-ring (bicyclic) bond motifs is 1. The number of hydrogen-bond donors (Lipinski definition) is 1. The average molecular weight is 390 g/mol. The molecule has 7 nitrogen and oxygen atoms in total. The third-order valence-electron chi connectivity index (χ3n) is 5.34. The van der Waals surface area contributed by atoms with Crippen LogP contribution in [-0.2, 0) is 4.79 Å². The Kier molecular flexibility index (Phi) is 5.12. The summed E-state index contributed by atoms with van der Waals surface area (Å²) in [6, 6.07) is 12.8. The zero-order chi connectivity index (χ0) is 20.4. The van der Waals surface area contributed by atoms with Crippen LogP contribution in [0.15, 0.2) is 63.8 Å². The minimum absolute atomic E-state index is 0.0173.